The van der Waals surface area contributed by atoms with Crippen molar-refractivity contribution < 1.29 is 9.15 Å². The topological polar surface area (TPSA) is 61.3 Å². The third kappa shape index (κ3) is 3.47. The summed E-state index contributed by atoms with van der Waals surface area (Å²) in [6, 6.07) is -0.168. The maximum atomic E-state index is 5.61. The van der Waals surface area contributed by atoms with Gasteiger partial charge in [-0.05, 0) is 27.7 Å². The first-order valence-electron chi connectivity index (χ1n) is 4.72. The summed E-state index contributed by atoms with van der Waals surface area (Å²) < 4.78 is 10.9. The lowest BCUT2D eigenvalue weighted by molar-refractivity contribution is -0.0227. The molecule has 1 heterocycles. The zero-order chi connectivity index (χ0) is 10.8. The highest BCUT2D eigenvalue weighted by atomic mass is 16.5. The number of nitrogens with two attached hydrogens (primary N) is 1. The molecule has 2 N–H and O–H groups in total. The minimum atomic E-state index is -0.168. The van der Waals surface area contributed by atoms with Gasteiger partial charge in [0.25, 0.3) is 0 Å². The quantitative estimate of drug-likeness (QED) is 0.807. The summed E-state index contributed by atoms with van der Waals surface area (Å²) in [6.45, 7) is 8.25. The molecule has 1 atom stereocenters. The third-order valence-corrected chi connectivity index (χ3v) is 1.61. The Labute approximate surface area is 84.5 Å². The van der Waals surface area contributed by atoms with Gasteiger partial charge in [-0.15, -0.1) is 0 Å². The average Bonchev–Trinajstić information content (AvgIpc) is 2.47. The monoisotopic (exact) mass is 198 g/mol. The van der Waals surface area contributed by atoms with Gasteiger partial charge in [-0.25, -0.2) is 4.98 Å². The van der Waals surface area contributed by atoms with E-state index in [9.17, 15) is 0 Å². The number of hydrogen-bond acceptors (Lipinski definition) is 4. The zero-order valence-electron chi connectivity index (χ0n) is 9.20. The van der Waals surface area contributed by atoms with E-state index in [1.807, 2.05) is 27.7 Å². The van der Waals surface area contributed by atoms with E-state index in [1.165, 1.54) is 0 Å². The molecule has 0 fully saturated rings. The van der Waals surface area contributed by atoms with E-state index in [-0.39, 0.29) is 11.6 Å². The van der Waals surface area contributed by atoms with Crippen molar-refractivity contribution in [3.05, 3.63) is 17.8 Å². The molecule has 1 unspecified atom stereocenters. The van der Waals surface area contributed by atoms with Crippen molar-refractivity contribution in [2.75, 3.05) is 0 Å². The van der Waals surface area contributed by atoms with E-state index >= 15 is 0 Å². The van der Waals surface area contributed by atoms with Gasteiger partial charge >= 0.3 is 0 Å². The maximum absolute atomic E-state index is 5.61. The highest BCUT2D eigenvalue weighted by Crippen LogP contribution is 2.14. The fourth-order valence-corrected chi connectivity index (χ4v) is 0.888. The van der Waals surface area contributed by atoms with Crippen molar-refractivity contribution >= 4 is 0 Å². The van der Waals surface area contributed by atoms with Crippen LogP contribution in [0.25, 0.3) is 0 Å². The van der Waals surface area contributed by atoms with Crippen molar-refractivity contribution in [2.24, 2.45) is 5.73 Å². The van der Waals surface area contributed by atoms with Crippen molar-refractivity contribution in [1.29, 1.82) is 0 Å². The molecule has 14 heavy (non-hydrogen) atoms. The fraction of sp³-hybridized carbons (Fsp3) is 0.700. The SMILES string of the molecule is CC(N)c1ncc(COC(C)(C)C)o1. The second-order valence-corrected chi connectivity index (χ2v) is 4.35. The van der Waals surface area contributed by atoms with Gasteiger partial charge < -0.3 is 14.9 Å². The Morgan fingerprint density at radius 1 is 1.57 bits per heavy atom. The van der Waals surface area contributed by atoms with Crippen LogP contribution >= 0.6 is 0 Å². The molecule has 0 aliphatic rings. The summed E-state index contributed by atoms with van der Waals surface area (Å²) in [5.41, 5.74) is 5.45. The van der Waals surface area contributed by atoms with Crippen LogP contribution in [-0.4, -0.2) is 10.6 Å². The predicted molar refractivity (Wildman–Crippen MR) is 53.6 cm³/mol. The molecule has 1 aromatic heterocycles. The summed E-state index contributed by atoms with van der Waals surface area (Å²) >= 11 is 0. The molecule has 80 valence electrons. The van der Waals surface area contributed by atoms with Crippen LogP contribution in [0, 0.1) is 0 Å². The highest BCUT2D eigenvalue weighted by molar-refractivity contribution is 4.95. The normalized spacial score (nSPS) is 14.4. The Kier molecular flexibility index (Phi) is 3.29. The first-order valence-corrected chi connectivity index (χ1v) is 4.72. The fourth-order valence-electron chi connectivity index (χ4n) is 0.888. The largest absolute Gasteiger partial charge is 0.442 e. The molecule has 1 aromatic rings. The van der Waals surface area contributed by atoms with Crippen LogP contribution in [0.1, 0.15) is 45.4 Å². The molecule has 4 nitrogen and oxygen atoms in total. The Bertz CT molecular complexity index is 287. The Balaban J connectivity index is 2.52. The Hall–Kier alpha value is -0.870. The number of oxazole rings is 1. The smallest absolute Gasteiger partial charge is 0.211 e. The molecule has 0 amide bonds. The van der Waals surface area contributed by atoms with E-state index in [4.69, 9.17) is 14.9 Å². The van der Waals surface area contributed by atoms with Crippen LogP contribution in [0.4, 0.5) is 0 Å². The van der Waals surface area contributed by atoms with E-state index < -0.39 is 0 Å². The van der Waals surface area contributed by atoms with Gasteiger partial charge in [-0.1, -0.05) is 0 Å². The molecule has 0 bridgehead atoms. The average molecular weight is 198 g/mol. The second-order valence-electron chi connectivity index (χ2n) is 4.35. The van der Waals surface area contributed by atoms with Gasteiger partial charge in [0.15, 0.2) is 0 Å². The molecule has 0 aliphatic heterocycles. The summed E-state index contributed by atoms with van der Waals surface area (Å²) in [4.78, 5) is 4.04. The van der Waals surface area contributed by atoms with Gasteiger partial charge in [0, 0.05) is 0 Å². The van der Waals surface area contributed by atoms with Crippen molar-refractivity contribution in [1.82, 2.24) is 4.98 Å². The number of rotatable bonds is 3. The van der Waals surface area contributed by atoms with E-state index in [0.717, 1.165) is 0 Å². The minimum absolute atomic E-state index is 0.165. The molecule has 0 aliphatic carbocycles. The number of aromatic nitrogens is 1. The maximum Gasteiger partial charge on any atom is 0.211 e. The van der Waals surface area contributed by atoms with Crippen molar-refractivity contribution in [3.8, 4) is 0 Å². The van der Waals surface area contributed by atoms with Crippen LogP contribution in [-0.2, 0) is 11.3 Å². The molecule has 0 aromatic carbocycles. The van der Waals surface area contributed by atoms with Gasteiger partial charge in [-0.2, -0.15) is 0 Å². The summed E-state index contributed by atoms with van der Waals surface area (Å²) in [6.07, 6.45) is 1.66. The summed E-state index contributed by atoms with van der Waals surface area (Å²) in [7, 11) is 0. The highest BCUT2D eigenvalue weighted by Gasteiger charge is 2.13. The van der Waals surface area contributed by atoms with E-state index in [2.05, 4.69) is 4.98 Å². The number of ether oxygens (including phenoxy) is 1. The number of nitrogens with zero attached hydrogens (tertiary/aromatic N) is 1. The Morgan fingerprint density at radius 2 is 2.21 bits per heavy atom. The molecule has 0 spiro atoms. The molecule has 0 saturated heterocycles. The van der Waals surface area contributed by atoms with E-state index in [1.54, 1.807) is 6.20 Å². The van der Waals surface area contributed by atoms with E-state index in [0.29, 0.717) is 18.3 Å². The first kappa shape index (κ1) is 11.2. The lowest BCUT2D eigenvalue weighted by atomic mass is 10.2. The van der Waals surface area contributed by atoms with Crippen LogP contribution in [0.5, 0.6) is 0 Å². The zero-order valence-corrected chi connectivity index (χ0v) is 9.20. The van der Waals surface area contributed by atoms with Gasteiger partial charge in [0.05, 0.1) is 17.8 Å². The van der Waals surface area contributed by atoms with Crippen LogP contribution in [0.15, 0.2) is 10.6 Å². The lowest BCUT2D eigenvalue weighted by Crippen LogP contribution is -2.18. The molecular weight excluding hydrogens is 180 g/mol. The molecular formula is C10H18N2O2. The third-order valence-electron chi connectivity index (χ3n) is 1.61. The predicted octanol–water partition coefficient (Wildman–Crippen LogP) is 2.01. The molecule has 1 rings (SSSR count). The Morgan fingerprint density at radius 3 is 2.64 bits per heavy atom. The van der Waals surface area contributed by atoms with Crippen LogP contribution < -0.4 is 5.73 Å². The molecule has 0 radical (unpaired) electrons. The standard InChI is InChI=1S/C10H18N2O2/c1-7(11)9-12-5-8(14-9)6-13-10(2,3)4/h5,7H,6,11H2,1-4H3. The van der Waals surface area contributed by atoms with Crippen molar-refractivity contribution in [3.63, 3.8) is 0 Å². The summed E-state index contributed by atoms with van der Waals surface area (Å²) in [5.74, 6) is 1.27. The van der Waals surface area contributed by atoms with Gasteiger partial charge in [0.2, 0.25) is 5.89 Å². The second kappa shape index (κ2) is 4.11. The molecule has 4 heteroatoms. The van der Waals surface area contributed by atoms with Gasteiger partial charge in [0.1, 0.15) is 12.4 Å². The molecule has 0 saturated carbocycles. The minimum Gasteiger partial charge on any atom is -0.442 e. The van der Waals surface area contributed by atoms with Gasteiger partial charge in [-0.3, -0.25) is 0 Å². The summed E-state index contributed by atoms with van der Waals surface area (Å²) in [5, 5.41) is 0. The van der Waals surface area contributed by atoms with Crippen molar-refractivity contribution in [2.45, 2.75) is 45.9 Å². The first-order chi connectivity index (χ1) is 6.38. The van der Waals surface area contributed by atoms with Crippen LogP contribution in [0.3, 0.4) is 0 Å². The lowest BCUT2D eigenvalue weighted by Gasteiger charge is -2.18. The van der Waals surface area contributed by atoms with Crippen LogP contribution in [0.2, 0.25) is 0 Å². The number of hydrogen-bond donors (Lipinski definition) is 1.